The van der Waals surface area contributed by atoms with Gasteiger partial charge in [-0.05, 0) is 43.5 Å². The van der Waals surface area contributed by atoms with Gasteiger partial charge in [-0.3, -0.25) is 4.79 Å². The first-order valence-corrected chi connectivity index (χ1v) is 8.10. The lowest BCUT2D eigenvalue weighted by molar-refractivity contribution is 0.0695. The number of carboxylic acids is 2. The maximum atomic E-state index is 12.1. The number of nitrogen functional groups attached to an aromatic ring is 1. The zero-order chi connectivity index (χ0) is 20.3. The summed E-state index contributed by atoms with van der Waals surface area (Å²) in [7, 11) is 0. The molecule has 2 aromatic rings. The summed E-state index contributed by atoms with van der Waals surface area (Å²) in [6.07, 6.45) is 1.94. The smallest absolute Gasteiger partial charge is 0.342 e. The predicted octanol–water partition coefficient (Wildman–Crippen LogP) is 2.54. The van der Waals surface area contributed by atoms with Gasteiger partial charge in [0.15, 0.2) is 0 Å². The molecule has 0 saturated carbocycles. The number of carbonyl (C=O) groups is 2. The molecule has 142 valence electrons. The van der Waals surface area contributed by atoms with Crippen molar-refractivity contribution in [1.82, 2.24) is 4.98 Å². The Labute approximate surface area is 154 Å². The van der Waals surface area contributed by atoms with Crippen LogP contribution in [0.5, 0.6) is 5.75 Å². The molecule has 8 nitrogen and oxygen atoms in total. The average Bonchev–Trinajstić information content (AvgIpc) is 2.54. The summed E-state index contributed by atoms with van der Waals surface area (Å²) in [6, 6.07) is 4.67. The fourth-order valence-corrected chi connectivity index (χ4v) is 2.75. The summed E-state index contributed by atoms with van der Waals surface area (Å²) in [4.78, 5) is 37.5. The molecule has 0 amide bonds. The topological polar surface area (TPSA) is 143 Å². The second kappa shape index (κ2) is 7.77. The van der Waals surface area contributed by atoms with Gasteiger partial charge in [0.05, 0.1) is 6.10 Å². The van der Waals surface area contributed by atoms with Crippen LogP contribution in [0.1, 0.15) is 40.1 Å². The van der Waals surface area contributed by atoms with Gasteiger partial charge < -0.3 is 25.7 Å². The molecule has 0 radical (unpaired) electrons. The van der Waals surface area contributed by atoms with Crippen LogP contribution in [-0.4, -0.2) is 33.2 Å². The molecule has 0 spiro atoms. The highest BCUT2D eigenvalue weighted by Crippen LogP contribution is 2.33. The molecule has 8 heteroatoms. The van der Waals surface area contributed by atoms with E-state index in [9.17, 15) is 24.6 Å². The fourth-order valence-electron chi connectivity index (χ4n) is 2.75. The molecule has 0 bridgehead atoms. The van der Waals surface area contributed by atoms with Gasteiger partial charge in [0.2, 0.25) is 0 Å². The van der Waals surface area contributed by atoms with Crippen LogP contribution in [0.4, 0.5) is 5.82 Å². The van der Waals surface area contributed by atoms with Crippen LogP contribution in [0, 0.1) is 0 Å². The van der Waals surface area contributed by atoms with Crippen molar-refractivity contribution in [3.05, 3.63) is 57.9 Å². The first-order chi connectivity index (χ1) is 12.7. The molecule has 5 N–H and O–H groups in total. The Morgan fingerprint density at radius 2 is 1.89 bits per heavy atom. The molecule has 0 fully saturated rings. The number of H-pyrrole nitrogens is 1. The minimum atomic E-state index is -1.55. The van der Waals surface area contributed by atoms with E-state index >= 15 is 0 Å². The Kier molecular flexibility index (Phi) is 5.69. The Bertz CT molecular complexity index is 975. The lowest BCUT2D eigenvalue weighted by Crippen LogP contribution is -2.24. The van der Waals surface area contributed by atoms with Gasteiger partial charge in [-0.1, -0.05) is 12.1 Å². The third kappa shape index (κ3) is 4.00. The number of allylic oxidation sites excluding steroid dienone is 1. The summed E-state index contributed by atoms with van der Waals surface area (Å²) in [6.45, 7) is 7.39. The Hall–Kier alpha value is -3.55. The minimum Gasteiger partial charge on any atom is -0.491 e. The summed E-state index contributed by atoms with van der Waals surface area (Å²) >= 11 is 0. The Morgan fingerprint density at radius 3 is 2.41 bits per heavy atom. The molecular formula is C19H20N2O6. The van der Waals surface area contributed by atoms with Crippen molar-refractivity contribution < 1.29 is 24.5 Å². The number of pyridine rings is 1. The van der Waals surface area contributed by atoms with E-state index in [1.165, 1.54) is 6.07 Å². The van der Waals surface area contributed by atoms with E-state index in [1.54, 1.807) is 18.2 Å². The van der Waals surface area contributed by atoms with E-state index < -0.39 is 34.4 Å². The quantitative estimate of drug-likeness (QED) is 0.547. The van der Waals surface area contributed by atoms with Crippen LogP contribution in [0.15, 0.2) is 35.6 Å². The van der Waals surface area contributed by atoms with E-state index in [2.05, 4.69) is 11.6 Å². The maximum Gasteiger partial charge on any atom is 0.342 e. The SMILES string of the molecule is C=CCc1cc(-c2c(C(=O)O)c(N)[nH]c(=O)c2C(=O)O)ccc1OC(C)C. The zero-order valence-electron chi connectivity index (χ0n) is 14.9. The number of nitrogens with one attached hydrogen (secondary N) is 1. The molecule has 0 atom stereocenters. The van der Waals surface area contributed by atoms with E-state index in [4.69, 9.17) is 10.5 Å². The van der Waals surface area contributed by atoms with Crippen LogP contribution in [-0.2, 0) is 6.42 Å². The van der Waals surface area contributed by atoms with Gasteiger partial charge in [-0.15, -0.1) is 6.58 Å². The van der Waals surface area contributed by atoms with Crippen molar-refractivity contribution in [3.63, 3.8) is 0 Å². The van der Waals surface area contributed by atoms with Crippen LogP contribution in [0.2, 0.25) is 0 Å². The number of hydrogen-bond acceptors (Lipinski definition) is 5. The number of ether oxygens (including phenoxy) is 1. The van der Waals surface area contributed by atoms with Crippen LogP contribution in [0.25, 0.3) is 11.1 Å². The standard InChI is InChI=1S/C19H20N2O6/c1-4-5-10-8-11(6-7-12(10)27-9(2)3)13-14(18(23)24)16(20)21-17(22)15(13)19(25)26/h4,6-9H,1,5H2,2-3H3,(H,23,24)(H,25,26)(H3,20,21,22). The summed E-state index contributed by atoms with van der Waals surface area (Å²) < 4.78 is 5.72. The van der Waals surface area contributed by atoms with Gasteiger partial charge in [0.1, 0.15) is 22.7 Å². The van der Waals surface area contributed by atoms with Gasteiger partial charge in [-0.25, -0.2) is 9.59 Å². The second-order valence-electron chi connectivity index (χ2n) is 6.09. The van der Waals surface area contributed by atoms with Crippen LogP contribution >= 0.6 is 0 Å². The van der Waals surface area contributed by atoms with E-state index in [0.717, 1.165) is 0 Å². The molecule has 27 heavy (non-hydrogen) atoms. The van der Waals surface area contributed by atoms with Crippen molar-refractivity contribution >= 4 is 17.8 Å². The van der Waals surface area contributed by atoms with Gasteiger partial charge >= 0.3 is 11.9 Å². The molecular weight excluding hydrogens is 352 g/mol. The van der Waals surface area contributed by atoms with Gasteiger partial charge in [-0.2, -0.15) is 0 Å². The first-order valence-electron chi connectivity index (χ1n) is 8.10. The monoisotopic (exact) mass is 372 g/mol. The number of hydrogen-bond donors (Lipinski definition) is 4. The largest absolute Gasteiger partial charge is 0.491 e. The minimum absolute atomic E-state index is 0.0983. The van der Waals surface area contributed by atoms with E-state index in [0.29, 0.717) is 17.7 Å². The second-order valence-corrected chi connectivity index (χ2v) is 6.09. The highest BCUT2D eigenvalue weighted by atomic mass is 16.5. The zero-order valence-corrected chi connectivity index (χ0v) is 14.9. The number of rotatable bonds is 7. The highest BCUT2D eigenvalue weighted by molar-refractivity contribution is 6.07. The molecule has 1 aromatic carbocycles. The van der Waals surface area contributed by atoms with Gasteiger partial charge in [0.25, 0.3) is 5.56 Å². The molecule has 0 unspecified atom stereocenters. The molecule has 0 aliphatic heterocycles. The maximum absolute atomic E-state index is 12.1. The lowest BCUT2D eigenvalue weighted by atomic mass is 9.93. The van der Waals surface area contributed by atoms with Crippen LogP contribution < -0.4 is 16.0 Å². The summed E-state index contributed by atoms with van der Waals surface area (Å²) in [5.41, 5.74) is 4.15. The van der Waals surface area contributed by atoms with Crippen molar-refractivity contribution in [2.75, 3.05) is 5.73 Å². The molecule has 1 heterocycles. The number of aromatic carboxylic acids is 2. The highest BCUT2D eigenvalue weighted by Gasteiger charge is 2.27. The number of carboxylic acid groups (broad SMARTS) is 2. The van der Waals surface area contributed by atoms with Crippen molar-refractivity contribution in [2.24, 2.45) is 0 Å². The summed E-state index contributed by atoms with van der Waals surface area (Å²) in [5.74, 6) is -2.86. The molecule has 0 saturated heterocycles. The van der Waals surface area contributed by atoms with Crippen LogP contribution in [0.3, 0.4) is 0 Å². The fraction of sp³-hybridized carbons (Fsp3) is 0.211. The Balaban J connectivity index is 2.86. The van der Waals surface area contributed by atoms with Gasteiger partial charge in [0, 0.05) is 5.56 Å². The van der Waals surface area contributed by atoms with Crippen molar-refractivity contribution in [2.45, 2.75) is 26.4 Å². The number of aromatic nitrogens is 1. The number of anilines is 1. The molecule has 0 aliphatic rings. The molecule has 0 aliphatic carbocycles. The lowest BCUT2D eigenvalue weighted by Gasteiger charge is -2.17. The Morgan fingerprint density at radius 1 is 1.26 bits per heavy atom. The first kappa shape index (κ1) is 19.8. The van der Waals surface area contributed by atoms with E-state index in [-0.39, 0.29) is 17.2 Å². The number of aromatic amines is 1. The normalized spacial score (nSPS) is 10.6. The van der Waals surface area contributed by atoms with Crippen molar-refractivity contribution in [1.29, 1.82) is 0 Å². The van der Waals surface area contributed by atoms with E-state index in [1.807, 2.05) is 13.8 Å². The number of benzene rings is 1. The summed E-state index contributed by atoms with van der Waals surface area (Å²) in [5, 5.41) is 19.0. The van der Waals surface area contributed by atoms with Crippen molar-refractivity contribution in [3.8, 4) is 16.9 Å². The average molecular weight is 372 g/mol. The molecule has 2 rings (SSSR count). The third-order valence-electron chi connectivity index (χ3n) is 3.75. The predicted molar refractivity (Wildman–Crippen MR) is 100 cm³/mol. The molecule has 1 aromatic heterocycles. The number of nitrogens with two attached hydrogens (primary N) is 1. The third-order valence-corrected chi connectivity index (χ3v) is 3.75.